The van der Waals surface area contributed by atoms with E-state index in [2.05, 4.69) is 17.2 Å². The Morgan fingerprint density at radius 2 is 2.22 bits per heavy atom. The summed E-state index contributed by atoms with van der Waals surface area (Å²) in [6.45, 7) is 4.92. The molecule has 7 nitrogen and oxygen atoms in total. The Morgan fingerprint density at radius 1 is 1.50 bits per heavy atom. The number of hydrogen-bond acceptors (Lipinski definition) is 4. The van der Waals surface area contributed by atoms with E-state index in [9.17, 15) is 9.59 Å². The van der Waals surface area contributed by atoms with E-state index < -0.39 is 5.97 Å². The van der Waals surface area contributed by atoms with Gasteiger partial charge in [-0.2, -0.15) is 0 Å². The standard InChI is InChI=1S/C11H16N4O3/c1-7-3-8(2)15(4-7)10(16)6-14-5-9(11(17)18)12-13-14/h5,7-8H,3-4,6H2,1-2H3,(H,17,18). The molecule has 2 atom stereocenters. The monoisotopic (exact) mass is 252 g/mol. The summed E-state index contributed by atoms with van der Waals surface area (Å²) in [5, 5.41) is 15.8. The van der Waals surface area contributed by atoms with Gasteiger partial charge in [-0.25, -0.2) is 9.48 Å². The summed E-state index contributed by atoms with van der Waals surface area (Å²) in [6, 6.07) is 0.231. The lowest BCUT2D eigenvalue weighted by Crippen LogP contribution is -2.36. The second kappa shape index (κ2) is 4.75. The predicted molar refractivity (Wildman–Crippen MR) is 61.9 cm³/mol. The number of rotatable bonds is 3. The van der Waals surface area contributed by atoms with E-state index in [4.69, 9.17) is 5.11 Å². The van der Waals surface area contributed by atoms with E-state index in [1.54, 1.807) is 0 Å². The average molecular weight is 252 g/mol. The van der Waals surface area contributed by atoms with Crippen molar-refractivity contribution in [3.8, 4) is 0 Å². The largest absolute Gasteiger partial charge is 0.476 e. The van der Waals surface area contributed by atoms with Crippen molar-refractivity contribution in [2.75, 3.05) is 6.54 Å². The van der Waals surface area contributed by atoms with E-state index in [0.29, 0.717) is 5.92 Å². The molecule has 0 saturated carbocycles. The van der Waals surface area contributed by atoms with Crippen molar-refractivity contribution >= 4 is 11.9 Å². The number of carboxylic acids is 1. The number of carbonyl (C=O) groups is 2. The normalized spacial score (nSPS) is 23.3. The van der Waals surface area contributed by atoms with Crippen molar-refractivity contribution in [2.45, 2.75) is 32.9 Å². The maximum absolute atomic E-state index is 12.0. The molecule has 2 unspecified atom stereocenters. The van der Waals surface area contributed by atoms with Crippen LogP contribution in [-0.2, 0) is 11.3 Å². The fourth-order valence-corrected chi connectivity index (χ4v) is 2.35. The van der Waals surface area contributed by atoms with Crippen LogP contribution in [0.4, 0.5) is 0 Å². The molecule has 1 aromatic rings. The summed E-state index contributed by atoms with van der Waals surface area (Å²) in [5.74, 6) is -0.681. The number of hydrogen-bond donors (Lipinski definition) is 1. The number of likely N-dealkylation sites (tertiary alicyclic amines) is 1. The molecule has 1 amide bonds. The third-order valence-electron chi connectivity index (χ3n) is 3.16. The zero-order valence-electron chi connectivity index (χ0n) is 10.4. The van der Waals surface area contributed by atoms with E-state index in [1.165, 1.54) is 10.9 Å². The third kappa shape index (κ3) is 2.49. The number of carboxylic acid groups (broad SMARTS) is 1. The summed E-state index contributed by atoms with van der Waals surface area (Å²) in [7, 11) is 0. The number of aromatic carboxylic acids is 1. The van der Waals surface area contributed by atoms with Crippen molar-refractivity contribution in [1.82, 2.24) is 19.9 Å². The first-order valence-electron chi connectivity index (χ1n) is 5.90. The maximum atomic E-state index is 12.0. The lowest BCUT2D eigenvalue weighted by Gasteiger charge is -2.21. The molecule has 0 radical (unpaired) electrons. The Morgan fingerprint density at radius 3 is 2.72 bits per heavy atom. The second-order valence-electron chi connectivity index (χ2n) is 4.84. The van der Waals surface area contributed by atoms with Crippen molar-refractivity contribution in [3.05, 3.63) is 11.9 Å². The minimum absolute atomic E-state index is 0.0390. The minimum Gasteiger partial charge on any atom is -0.476 e. The van der Waals surface area contributed by atoms with Crippen LogP contribution in [0.25, 0.3) is 0 Å². The number of aromatic nitrogens is 3. The molecular formula is C11H16N4O3. The molecule has 0 bridgehead atoms. The topological polar surface area (TPSA) is 88.3 Å². The van der Waals surface area contributed by atoms with Crippen LogP contribution in [-0.4, -0.2) is 49.5 Å². The molecule has 1 N–H and O–H groups in total. The van der Waals surface area contributed by atoms with Crippen molar-refractivity contribution in [3.63, 3.8) is 0 Å². The zero-order chi connectivity index (χ0) is 13.3. The van der Waals surface area contributed by atoms with Gasteiger partial charge in [-0.05, 0) is 19.3 Å². The van der Waals surface area contributed by atoms with Crippen molar-refractivity contribution in [2.24, 2.45) is 5.92 Å². The van der Waals surface area contributed by atoms with E-state index in [-0.39, 0.29) is 24.2 Å². The number of nitrogens with zero attached hydrogens (tertiary/aromatic N) is 4. The van der Waals surface area contributed by atoms with Gasteiger partial charge in [-0.15, -0.1) is 5.10 Å². The molecule has 7 heteroatoms. The Balaban J connectivity index is 2.00. The minimum atomic E-state index is -1.14. The molecule has 1 aliphatic heterocycles. The first-order chi connectivity index (χ1) is 8.47. The first kappa shape index (κ1) is 12.5. The Hall–Kier alpha value is -1.92. The molecule has 1 saturated heterocycles. The SMILES string of the molecule is CC1CC(C)N(C(=O)Cn2cc(C(=O)O)nn2)C1. The van der Waals surface area contributed by atoms with Crippen LogP contribution < -0.4 is 0 Å². The Kier molecular flexibility index (Phi) is 3.31. The molecule has 1 aromatic heterocycles. The first-order valence-corrected chi connectivity index (χ1v) is 5.90. The number of carbonyl (C=O) groups excluding carboxylic acids is 1. The fourth-order valence-electron chi connectivity index (χ4n) is 2.35. The van der Waals surface area contributed by atoms with Crippen LogP contribution in [0.5, 0.6) is 0 Å². The van der Waals surface area contributed by atoms with Crippen LogP contribution in [0.1, 0.15) is 30.8 Å². The molecule has 18 heavy (non-hydrogen) atoms. The summed E-state index contributed by atoms with van der Waals surface area (Å²) >= 11 is 0. The quantitative estimate of drug-likeness (QED) is 0.832. The highest BCUT2D eigenvalue weighted by atomic mass is 16.4. The van der Waals surface area contributed by atoms with Gasteiger partial charge < -0.3 is 10.0 Å². The summed E-state index contributed by atoms with van der Waals surface area (Å²) < 4.78 is 1.27. The van der Waals surface area contributed by atoms with Crippen LogP contribution in [0.2, 0.25) is 0 Å². The Labute approximate surface area is 104 Å². The van der Waals surface area contributed by atoms with Crippen molar-refractivity contribution in [1.29, 1.82) is 0 Å². The van der Waals surface area contributed by atoms with Gasteiger partial charge in [0.05, 0.1) is 6.20 Å². The van der Waals surface area contributed by atoms with Gasteiger partial charge >= 0.3 is 5.97 Å². The number of amides is 1. The van der Waals surface area contributed by atoms with Gasteiger partial charge in [-0.3, -0.25) is 4.79 Å². The van der Waals surface area contributed by atoms with E-state index >= 15 is 0 Å². The predicted octanol–water partition coefficient (Wildman–Crippen LogP) is 0.233. The molecule has 0 aliphatic carbocycles. The molecule has 98 valence electrons. The van der Waals surface area contributed by atoms with Crippen LogP contribution in [0.15, 0.2) is 6.20 Å². The van der Waals surface area contributed by atoms with E-state index in [0.717, 1.165) is 13.0 Å². The molecule has 0 aromatic carbocycles. The zero-order valence-corrected chi connectivity index (χ0v) is 10.4. The second-order valence-corrected chi connectivity index (χ2v) is 4.84. The van der Waals surface area contributed by atoms with Gasteiger partial charge in [0, 0.05) is 12.6 Å². The lowest BCUT2D eigenvalue weighted by molar-refractivity contribution is -0.132. The van der Waals surface area contributed by atoms with Crippen molar-refractivity contribution < 1.29 is 14.7 Å². The fraction of sp³-hybridized carbons (Fsp3) is 0.636. The molecule has 1 aliphatic rings. The van der Waals surface area contributed by atoms with Gasteiger partial charge in [0.2, 0.25) is 5.91 Å². The average Bonchev–Trinajstić information content (AvgIpc) is 2.85. The van der Waals surface area contributed by atoms with Gasteiger partial charge in [0.15, 0.2) is 5.69 Å². The summed E-state index contributed by atoms with van der Waals surface area (Å²) in [4.78, 5) is 24.5. The van der Waals surface area contributed by atoms with Crippen LogP contribution in [0, 0.1) is 5.92 Å². The maximum Gasteiger partial charge on any atom is 0.358 e. The van der Waals surface area contributed by atoms with Crippen LogP contribution in [0.3, 0.4) is 0 Å². The lowest BCUT2D eigenvalue weighted by atomic mass is 10.1. The molecule has 2 heterocycles. The highest BCUT2D eigenvalue weighted by Crippen LogP contribution is 2.22. The molecule has 0 spiro atoms. The van der Waals surface area contributed by atoms with Gasteiger partial charge in [0.1, 0.15) is 6.54 Å². The molecule has 2 rings (SSSR count). The summed E-state index contributed by atoms with van der Waals surface area (Å²) in [5.41, 5.74) is -0.148. The van der Waals surface area contributed by atoms with Gasteiger partial charge in [-0.1, -0.05) is 12.1 Å². The smallest absolute Gasteiger partial charge is 0.358 e. The summed E-state index contributed by atoms with van der Waals surface area (Å²) in [6.07, 6.45) is 2.27. The third-order valence-corrected chi connectivity index (χ3v) is 3.16. The van der Waals surface area contributed by atoms with E-state index in [1.807, 2.05) is 11.8 Å². The Bertz CT molecular complexity index is 471. The van der Waals surface area contributed by atoms with Crippen LogP contribution >= 0.6 is 0 Å². The highest BCUT2D eigenvalue weighted by molar-refractivity contribution is 5.84. The van der Waals surface area contributed by atoms with Gasteiger partial charge in [0.25, 0.3) is 0 Å². The molecule has 1 fully saturated rings. The highest BCUT2D eigenvalue weighted by Gasteiger charge is 2.30. The molecular weight excluding hydrogens is 236 g/mol.